The molecule has 1 aromatic rings. The van der Waals surface area contributed by atoms with Crippen LogP contribution in [0, 0.1) is 5.92 Å². The van der Waals surface area contributed by atoms with E-state index < -0.39 is 10.0 Å². The Morgan fingerprint density at radius 1 is 1.27 bits per heavy atom. The summed E-state index contributed by atoms with van der Waals surface area (Å²) in [6.07, 6.45) is 4.72. The fourth-order valence-electron chi connectivity index (χ4n) is 3.81. The Kier molecular flexibility index (Phi) is 6.71. The molecule has 8 heteroatoms. The summed E-state index contributed by atoms with van der Waals surface area (Å²) in [4.78, 5) is 14.9. The van der Waals surface area contributed by atoms with Crippen molar-refractivity contribution in [2.45, 2.75) is 49.3 Å². The van der Waals surface area contributed by atoms with E-state index >= 15 is 0 Å². The average molecular weight is 400 g/mol. The Labute approximate surface area is 160 Å². The second-order valence-electron chi connectivity index (χ2n) is 7.28. The molecule has 26 heavy (non-hydrogen) atoms. The SMILES string of the molecule is C[C@@H](CCNC(=O)C1CCN(S(=O)(=O)c2cccs2)CC1)N1CCCC1. The van der Waals surface area contributed by atoms with Crippen LogP contribution in [0.4, 0.5) is 0 Å². The smallest absolute Gasteiger partial charge is 0.252 e. The summed E-state index contributed by atoms with van der Waals surface area (Å²) in [5.74, 6) is -0.00123. The maximum absolute atomic E-state index is 12.5. The first-order chi connectivity index (χ1) is 12.5. The first kappa shape index (κ1) is 19.8. The molecule has 146 valence electrons. The van der Waals surface area contributed by atoms with Gasteiger partial charge in [-0.3, -0.25) is 4.79 Å². The second-order valence-corrected chi connectivity index (χ2v) is 10.4. The van der Waals surface area contributed by atoms with E-state index in [4.69, 9.17) is 0 Å². The van der Waals surface area contributed by atoms with Crippen molar-refractivity contribution >= 4 is 27.3 Å². The summed E-state index contributed by atoms with van der Waals surface area (Å²) >= 11 is 1.24. The van der Waals surface area contributed by atoms with Gasteiger partial charge in [-0.25, -0.2) is 8.42 Å². The monoisotopic (exact) mass is 399 g/mol. The molecule has 1 atom stereocenters. The number of thiophene rings is 1. The lowest BCUT2D eigenvalue weighted by molar-refractivity contribution is -0.126. The molecule has 0 aromatic carbocycles. The van der Waals surface area contributed by atoms with E-state index in [1.54, 1.807) is 17.5 Å². The van der Waals surface area contributed by atoms with Crippen molar-refractivity contribution < 1.29 is 13.2 Å². The van der Waals surface area contributed by atoms with Crippen molar-refractivity contribution in [2.24, 2.45) is 5.92 Å². The molecule has 1 N–H and O–H groups in total. The molecule has 0 radical (unpaired) electrons. The van der Waals surface area contributed by atoms with E-state index in [0.29, 0.717) is 42.7 Å². The van der Waals surface area contributed by atoms with Crippen LogP contribution in [0.1, 0.15) is 39.0 Å². The van der Waals surface area contributed by atoms with Gasteiger partial charge in [0.05, 0.1) is 0 Å². The van der Waals surface area contributed by atoms with Gasteiger partial charge in [-0.05, 0) is 63.6 Å². The fraction of sp³-hybridized carbons (Fsp3) is 0.722. The van der Waals surface area contributed by atoms with Gasteiger partial charge in [0, 0.05) is 31.6 Å². The molecule has 2 fully saturated rings. The van der Waals surface area contributed by atoms with Gasteiger partial charge in [0.15, 0.2) is 0 Å². The third-order valence-electron chi connectivity index (χ3n) is 5.54. The van der Waals surface area contributed by atoms with Crippen LogP contribution in [-0.4, -0.2) is 62.3 Å². The topological polar surface area (TPSA) is 69.7 Å². The number of nitrogens with zero attached hydrogens (tertiary/aromatic N) is 2. The third kappa shape index (κ3) is 4.65. The molecule has 3 rings (SSSR count). The minimum absolute atomic E-state index is 0.0757. The van der Waals surface area contributed by atoms with Gasteiger partial charge in [0.1, 0.15) is 4.21 Å². The molecule has 0 aliphatic carbocycles. The summed E-state index contributed by atoms with van der Waals surface area (Å²) in [6, 6.07) is 3.90. The third-order valence-corrected chi connectivity index (χ3v) is 8.81. The van der Waals surface area contributed by atoms with Gasteiger partial charge in [0.25, 0.3) is 10.0 Å². The number of hydrogen-bond donors (Lipinski definition) is 1. The van der Waals surface area contributed by atoms with E-state index in [9.17, 15) is 13.2 Å². The van der Waals surface area contributed by atoms with Crippen LogP contribution in [0.3, 0.4) is 0 Å². The normalized spacial score (nSPS) is 21.7. The number of carbonyl (C=O) groups is 1. The highest BCUT2D eigenvalue weighted by Gasteiger charge is 2.32. The van der Waals surface area contributed by atoms with Gasteiger partial charge in [-0.15, -0.1) is 11.3 Å². The van der Waals surface area contributed by atoms with E-state index in [-0.39, 0.29) is 11.8 Å². The van der Waals surface area contributed by atoms with Crippen molar-refractivity contribution in [3.63, 3.8) is 0 Å². The van der Waals surface area contributed by atoms with Crippen LogP contribution in [0.25, 0.3) is 0 Å². The predicted octanol–water partition coefficient (Wildman–Crippen LogP) is 2.14. The maximum Gasteiger partial charge on any atom is 0.252 e. The molecule has 0 spiro atoms. The first-order valence-corrected chi connectivity index (χ1v) is 11.9. The predicted molar refractivity (Wildman–Crippen MR) is 104 cm³/mol. The van der Waals surface area contributed by atoms with Crippen molar-refractivity contribution in [1.82, 2.24) is 14.5 Å². The van der Waals surface area contributed by atoms with Crippen molar-refractivity contribution in [3.8, 4) is 0 Å². The Hall–Kier alpha value is -0.960. The van der Waals surface area contributed by atoms with Gasteiger partial charge < -0.3 is 10.2 Å². The molecule has 2 saturated heterocycles. The Bertz CT molecular complexity index is 677. The van der Waals surface area contributed by atoms with Crippen molar-refractivity contribution in [3.05, 3.63) is 17.5 Å². The number of carbonyl (C=O) groups excluding carboxylic acids is 1. The van der Waals surface area contributed by atoms with Gasteiger partial charge in [0.2, 0.25) is 5.91 Å². The fourth-order valence-corrected chi connectivity index (χ4v) is 6.42. The lowest BCUT2D eigenvalue weighted by atomic mass is 9.97. The Morgan fingerprint density at radius 2 is 1.96 bits per heavy atom. The number of sulfonamides is 1. The standard InChI is InChI=1S/C18H29N3O3S2/c1-15(20-10-2-3-11-20)6-9-19-18(22)16-7-12-21(13-8-16)26(23,24)17-5-4-14-25-17/h4-5,14-16H,2-3,6-13H2,1H3,(H,19,22)/t15-/m0/s1. The zero-order valence-corrected chi connectivity index (χ0v) is 17.0. The van der Waals surface area contributed by atoms with Gasteiger partial charge in [-0.1, -0.05) is 6.07 Å². The second kappa shape index (κ2) is 8.82. The molecule has 0 saturated carbocycles. The molecule has 3 heterocycles. The van der Waals surface area contributed by atoms with E-state index in [0.717, 1.165) is 6.42 Å². The molecule has 2 aliphatic rings. The molecule has 0 unspecified atom stereocenters. The van der Waals surface area contributed by atoms with E-state index in [1.165, 1.54) is 41.6 Å². The highest BCUT2D eigenvalue weighted by molar-refractivity contribution is 7.91. The molecular weight excluding hydrogens is 370 g/mol. The maximum atomic E-state index is 12.5. The average Bonchev–Trinajstić information content (AvgIpc) is 3.35. The summed E-state index contributed by atoms with van der Waals surface area (Å²) in [7, 11) is -3.39. The van der Waals surface area contributed by atoms with Crippen LogP contribution in [0.2, 0.25) is 0 Å². The minimum atomic E-state index is -3.39. The summed E-state index contributed by atoms with van der Waals surface area (Å²) in [5.41, 5.74) is 0. The Balaban J connectivity index is 1.41. The van der Waals surface area contributed by atoms with E-state index in [1.807, 2.05) is 0 Å². The number of amides is 1. The molecular formula is C18H29N3O3S2. The largest absolute Gasteiger partial charge is 0.356 e. The number of piperidine rings is 1. The summed E-state index contributed by atoms with van der Waals surface area (Å²) < 4.78 is 27.0. The highest BCUT2D eigenvalue weighted by atomic mass is 32.2. The van der Waals surface area contributed by atoms with Gasteiger partial charge >= 0.3 is 0 Å². The summed E-state index contributed by atoms with van der Waals surface area (Å²) in [6.45, 7) is 6.11. The highest BCUT2D eigenvalue weighted by Crippen LogP contribution is 2.26. The zero-order valence-electron chi connectivity index (χ0n) is 15.4. The Morgan fingerprint density at radius 3 is 2.58 bits per heavy atom. The van der Waals surface area contributed by atoms with Crippen LogP contribution in [0.15, 0.2) is 21.7 Å². The van der Waals surface area contributed by atoms with Crippen molar-refractivity contribution in [2.75, 3.05) is 32.7 Å². The molecule has 0 bridgehead atoms. The lowest BCUT2D eigenvalue weighted by Gasteiger charge is -2.30. The van der Waals surface area contributed by atoms with Crippen LogP contribution < -0.4 is 5.32 Å². The van der Waals surface area contributed by atoms with Crippen LogP contribution >= 0.6 is 11.3 Å². The zero-order chi connectivity index (χ0) is 18.6. The minimum Gasteiger partial charge on any atom is -0.356 e. The van der Waals surface area contributed by atoms with Gasteiger partial charge in [-0.2, -0.15) is 4.31 Å². The van der Waals surface area contributed by atoms with Crippen LogP contribution in [-0.2, 0) is 14.8 Å². The lowest BCUT2D eigenvalue weighted by Crippen LogP contribution is -2.43. The number of hydrogen-bond acceptors (Lipinski definition) is 5. The number of likely N-dealkylation sites (tertiary alicyclic amines) is 1. The number of nitrogens with one attached hydrogen (secondary N) is 1. The molecule has 1 aromatic heterocycles. The van der Waals surface area contributed by atoms with Crippen molar-refractivity contribution in [1.29, 1.82) is 0 Å². The number of rotatable bonds is 7. The quantitative estimate of drug-likeness (QED) is 0.763. The summed E-state index contributed by atoms with van der Waals surface area (Å²) in [5, 5.41) is 4.83. The molecule has 6 nitrogen and oxygen atoms in total. The molecule has 1 amide bonds. The first-order valence-electron chi connectivity index (χ1n) is 9.54. The van der Waals surface area contributed by atoms with E-state index in [2.05, 4.69) is 17.1 Å². The van der Waals surface area contributed by atoms with Crippen LogP contribution in [0.5, 0.6) is 0 Å². The molecule has 2 aliphatic heterocycles.